The summed E-state index contributed by atoms with van der Waals surface area (Å²) in [6, 6.07) is 6.69. The molecule has 134 valence electrons. The molecule has 0 aromatic carbocycles. The molecule has 1 saturated heterocycles. The number of aliphatic hydroxyl groups excluding tert-OH is 1. The number of aliphatic hydroxyl groups is 1. The lowest BCUT2D eigenvalue weighted by Crippen LogP contribution is -2.37. The van der Waals surface area contributed by atoms with Gasteiger partial charge in [-0.05, 0) is 50.7 Å². The Morgan fingerprint density at radius 1 is 1.28 bits per heavy atom. The van der Waals surface area contributed by atoms with E-state index in [4.69, 9.17) is 4.42 Å². The third kappa shape index (κ3) is 3.79. The largest absolute Gasteiger partial charge is 0.464 e. The lowest BCUT2D eigenvalue weighted by molar-refractivity contribution is 0.208. The summed E-state index contributed by atoms with van der Waals surface area (Å²) in [5.41, 5.74) is 0. The zero-order valence-electron chi connectivity index (χ0n) is 14.8. The second-order valence-corrected chi connectivity index (χ2v) is 7.24. The van der Waals surface area contributed by atoms with E-state index >= 15 is 0 Å². The highest BCUT2D eigenvalue weighted by Gasteiger charge is 2.31. The number of aromatic nitrogens is 2. The summed E-state index contributed by atoms with van der Waals surface area (Å²) in [4.78, 5) is 13.6. The molecule has 1 atom stereocenters. The Bertz CT molecular complexity index is 713. The average Bonchev–Trinajstić information content (AvgIpc) is 3.41. The molecule has 6 nitrogen and oxygen atoms in total. The van der Waals surface area contributed by atoms with Crippen molar-refractivity contribution in [1.29, 1.82) is 0 Å². The number of furan rings is 1. The van der Waals surface area contributed by atoms with Gasteiger partial charge in [0.15, 0.2) is 0 Å². The monoisotopic (exact) mass is 342 g/mol. The van der Waals surface area contributed by atoms with E-state index in [1.807, 2.05) is 19.1 Å². The Hall–Kier alpha value is -2.08. The Balaban J connectivity index is 1.54. The lowest BCUT2D eigenvalue weighted by atomic mass is 9.99. The van der Waals surface area contributed by atoms with Gasteiger partial charge in [-0.1, -0.05) is 0 Å². The fourth-order valence-corrected chi connectivity index (χ4v) is 3.61. The first-order valence-corrected chi connectivity index (χ1v) is 9.23. The van der Waals surface area contributed by atoms with Gasteiger partial charge in [-0.2, -0.15) is 0 Å². The van der Waals surface area contributed by atoms with Crippen LogP contribution in [0.25, 0.3) is 0 Å². The van der Waals surface area contributed by atoms with Gasteiger partial charge in [-0.15, -0.1) is 0 Å². The van der Waals surface area contributed by atoms with Gasteiger partial charge in [0.2, 0.25) is 0 Å². The zero-order valence-corrected chi connectivity index (χ0v) is 14.8. The summed E-state index contributed by atoms with van der Waals surface area (Å²) >= 11 is 0. The van der Waals surface area contributed by atoms with E-state index in [0.29, 0.717) is 12.0 Å². The molecule has 0 amide bonds. The quantitative estimate of drug-likeness (QED) is 0.871. The summed E-state index contributed by atoms with van der Waals surface area (Å²) in [5.74, 6) is 4.19. The predicted molar refractivity (Wildman–Crippen MR) is 96.7 cm³/mol. The summed E-state index contributed by atoms with van der Waals surface area (Å²) < 4.78 is 5.77. The van der Waals surface area contributed by atoms with Crippen LogP contribution in [0.15, 0.2) is 28.9 Å². The van der Waals surface area contributed by atoms with E-state index in [9.17, 15) is 5.11 Å². The maximum Gasteiger partial charge on any atom is 0.134 e. The lowest BCUT2D eigenvalue weighted by Gasteiger charge is -2.33. The molecule has 2 aromatic heterocycles. The van der Waals surface area contributed by atoms with Crippen LogP contribution in [0.4, 0.5) is 11.6 Å². The zero-order chi connectivity index (χ0) is 17.2. The highest BCUT2D eigenvalue weighted by Crippen LogP contribution is 2.33. The first kappa shape index (κ1) is 16.4. The SMILES string of the molecule is Cc1ccc(CN(c2cc(N3CCCC(CO)C3)ncn2)C2CC2)o1. The molecule has 3 heterocycles. The van der Waals surface area contributed by atoms with E-state index in [-0.39, 0.29) is 6.61 Å². The molecule has 0 spiro atoms. The highest BCUT2D eigenvalue weighted by molar-refractivity contribution is 5.52. The molecule has 1 unspecified atom stereocenters. The van der Waals surface area contributed by atoms with Crippen molar-refractivity contribution in [3.05, 3.63) is 36.0 Å². The number of piperidine rings is 1. The van der Waals surface area contributed by atoms with Crippen LogP contribution in [0.1, 0.15) is 37.2 Å². The second kappa shape index (κ2) is 7.04. The van der Waals surface area contributed by atoms with Crippen molar-refractivity contribution < 1.29 is 9.52 Å². The predicted octanol–water partition coefficient (Wildman–Crippen LogP) is 2.76. The molecule has 1 N–H and O–H groups in total. The van der Waals surface area contributed by atoms with Crippen molar-refractivity contribution in [2.45, 2.75) is 45.2 Å². The maximum atomic E-state index is 9.47. The second-order valence-electron chi connectivity index (χ2n) is 7.24. The smallest absolute Gasteiger partial charge is 0.134 e. The van der Waals surface area contributed by atoms with Gasteiger partial charge in [0.05, 0.1) is 6.54 Å². The molecule has 1 saturated carbocycles. The van der Waals surface area contributed by atoms with Crippen LogP contribution in [-0.2, 0) is 6.54 Å². The molecule has 6 heteroatoms. The van der Waals surface area contributed by atoms with Crippen molar-refractivity contribution >= 4 is 11.6 Å². The van der Waals surface area contributed by atoms with E-state index in [0.717, 1.165) is 55.6 Å². The van der Waals surface area contributed by atoms with Crippen molar-refractivity contribution in [2.75, 3.05) is 29.5 Å². The molecule has 0 radical (unpaired) electrons. The number of anilines is 2. The highest BCUT2D eigenvalue weighted by atomic mass is 16.3. The average molecular weight is 342 g/mol. The van der Waals surface area contributed by atoms with Crippen LogP contribution in [0.2, 0.25) is 0 Å². The van der Waals surface area contributed by atoms with Crippen LogP contribution >= 0.6 is 0 Å². The number of nitrogens with zero attached hydrogens (tertiary/aromatic N) is 4. The molecule has 2 aromatic rings. The Morgan fingerprint density at radius 2 is 2.16 bits per heavy atom. The summed E-state index contributed by atoms with van der Waals surface area (Å²) in [5, 5.41) is 9.47. The summed E-state index contributed by atoms with van der Waals surface area (Å²) in [7, 11) is 0. The molecule has 2 fully saturated rings. The van der Waals surface area contributed by atoms with Gasteiger partial charge in [0.25, 0.3) is 0 Å². The van der Waals surface area contributed by atoms with Gasteiger partial charge in [-0.25, -0.2) is 9.97 Å². The minimum atomic E-state index is 0.250. The van der Waals surface area contributed by atoms with E-state index < -0.39 is 0 Å². The fraction of sp³-hybridized carbons (Fsp3) is 0.579. The third-order valence-electron chi connectivity index (χ3n) is 5.14. The first-order valence-electron chi connectivity index (χ1n) is 9.23. The van der Waals surface area contributed by atoms with E-state index in [1.54, 1.807) is 6.33 Å². The van der Waals surface area contributed by atoms with Crippen molar-refractivity contribution in [1.82, 2.24) is 9.97 Å². The standard InChI is InChI=1S/C19H26N4O2/c1-14-4-7-17(25-14)11-23(16-5-6-16)19-9-18(20-13-21-19)22-8-2-3-15(10-22)12-24/h4,7,9,13,15-16,24H,2-3,5-6,8,10-12H2,1H3. The summed E-state index contributed by atoms with van der Waals surface area (Å²) in [6.07, 6.45) is 6.26. The van der Waals surface area contributed by atoms with E-state index in [1.165, 1.54) is 12.8 Å². The van der Waals surface area contributed by atoms with Crippen LogP contribution in [-0.4, -0.2) is 40.8 Å². The summed E-state index contributed by atoms with van der Waals surface area (Å²) in [6.45, 7) is 4.83. The number of hydrogen-bond acceptors (Lipinski definition) is 6. The van der Waals surface area contributed by atoms with Gasteiger partial charge in [0.1, 0.15) is 29.5 Å². The molecule has 25 heavy (non-hydrogen) atoms. The Morgan fingerprint density at radius 3 is 2.88 bits per heavy atom. The molecule has 0 bridgehead atoms. The van der Waals surface area contributed by atoms with Crippen molar-refractivity contribution in [2.24, 2.45) is 5.92 Å². The molecule has 4 rings (SSSR count). The molecular weight excluding hydrogens is 316 g/mol. The third-order valence-corrected chi connectivity index (χ3v) is 5.14. The van der Waals surface area contributed by atoms with Crippen LogP contribution in [0.3, 0.4) is 0 Å². The van der Waals surface area contributed by atoms with Crippen molar-refractivity contribution in [3.63, 3.8) is 0 Å². The maximum absolute atomic E-state index is 9.47. The normalized spacial score (nSPS) is 20.7. The first-order chi connectivity index (χ1) is 12.2. The van der Waals surface area contributed by atoms with Gasteiger partial charge >= 0.3 is 0 Å². The molecule has 2 aliphatic rings. The van der Waals surface area contributed by atoms with E-state index in [2.05, 4.69) is 25.8 Å². The van der Waals surface area contributed by atoms with Gasteiger partial charge < -0.3 is 19.3 Å². The van der Waals surface area contributed by atoms with Gasteiger partial charge in [0, 0.05) is 31.8 Å². The minimum absolute atomic E-state index is 0.250. The topological polar surface area (TPSA) is 65.6 Å². The molecular formula is C19H26N4O2. The Labute approximate surface area is 148 Å². The van der Waals surface area contributed by atoms with Crippen LogP contribution in [0.5, 0.6) is 0 Å². The van der Waals surface area contributed by atoms with Crippen LogP contribution < -0.4 is 9.80 Å². The van der Waals surface area contributed by atoms with Gasteiger partial charge in [-0.3, -0.25) is 0 Å². The number of aryl methyl sites for hydroxylation is 1. The Kier molecular flexibility index (Phi) is 4.61. The number of rotatable bonds is 6. The minimum Gasteiger partial charge on any atom is -0.464 e. The number of hydrogen-bond donors (Lipinski definition) is 1. The molecule has 1 aliphatic heterocycles. The van der Waals surface area contributed by atoms with Crippen molar-refractivity contribution in [3.8, 4) is 0 Å². The molecule has 1 aliphatic carbocycles. The fourth-order valence-electron chi connectivity index (χ4n) is 3.61. The van der Waals surface area contributed by atoms with Crippen LogP contribution in [0, 0.1) is 12.8 Å².